The molecule has 0 aromatic carbocycles. The highest BCUT2D eigenvalue weighted by Crippen LogP contribution is 2.04. The Hall–Kier alpha value is -1.42. The van der Waals surface area contributed by atoms with E-state index in [1.807, 2.05) is 0 Å². The van der Waals surface area contributed by atoms with Gasteiger partial charge < -0.3 is 9.84 Å². The van der Waals surface area contributed by atoms with Gasteiger partial charge in [0, 0.05) is 0 Å². The van der Waals surface area contributed by atoms with Crippen LogP contribution in [0.15, 0.2) is 24.3 Å². The lowest BCUT2D eigenvalue weighted by Crippen LogP contribution is -2.20. The summed E-state index contributed by atoms with van der Waals surface area (Å²) in [6, 6.07) is 0. The number of aliphatic hydroxyl groups is 1. The van der Waals surface area contributed by atoms with E-state index in [9.17, 15) is 9.59 Å². The molecule has 72 valence electrons. The number of Topliss-reactive ketones (excluding diaryl/α,β-unsaturated/α-hetero) is 1. The molecule has 0 aliphatic rings. The Labute approximate surface area is 76.5 Å². The fourth-order valence-corrected chi connectivity index (χ4v) is 0.576. The molecule has 0 aromatic rings. The van der Waals surface area contributed by atoms with Gasteiger partial charge in [-0.25, -0.2) is 4.79 Å². The molecule has 4 heteroatoms. The maximum atomic E-state index is 11.1. The smallest absolute Gasteiger partial charge is 0.343 e. The van der Waals surface area contributed by atoms with Gasteiger partial charge in [0.05, 0.1) is 0 Å². The second kappa shape index (κ2) is 4.57. The number of allylic oxidation sites excluding steroid dienone is 1. The predicted octanol–water partition coefficient (Wildman–Crippen LogP) is 0.569. The molecule has 0 aromatic heterocycles. The van der Waals surface area contributed by atoms with Crippen molar-refractivity contribution in [2.24, 2.45) is 0 Å². The van der Waals surface area contributed by atoms with Crippen LogP contribution in [0.5, 0.6) is 0 Å². The number of hydrogen-bond donors (Lipinski definition) is 1. The van der Waals surface area contributed by atoms with Crippen LogP contribution in [0.3, 0.4) is 0 Å². The lowest BCUT2D eigenvalue weighted by Gasteiger charge is -2.07. The highest BCUT2D eigenvalue weighted by atomic mass is 16.6. The zero-order chi connectivity index (χ0) is 10.6. The molecule has 13 heavy (non-hydrogen) atoms. The molecule has 4 nitrogen and oxygen atoms in total. The van der Waals surface area contributed by atoms with E-state index in [2.05, 4.69) is 17.9 Å². The Balaban J connectivity index is 4.36. The largest absolute Gasteiger partial charge is 0.433 e. The number of aliphatic hydroxyl groups excluding tert-OH is 1. The lowest BCUT2D eigenvalue weighted by atomic mass is 10.1. The zero-order valence-corrected chi connectivity index (χ0v) is 7.66. The molecule has 0 fully saturated rings. The first-order valence-corrected chi connectivity index (χ1v) is 3.64. The maximum absolute atomic E-state index is 11.1. The first kappa shape index (κ1) is 11.6. The van der Waals surface area contributed by atoms with Crippen molar-refractivity contribution in [3.63, 3.8) is 0 Å². The molecule has 0 radical (unpaired) electrons. The van der Waals surface area contributed by atoms with Crippen molar-refractivity contribution in [3.05, 3.63) is 24.3 Å². The molecule has 0 saturated carbocycles. The molecule has 1 N–H and O–H groups in total. The molecule has 0 heterocycles. The minimum atomic E-state index is -1.25. The van der Waals surface area contributed by atoms with E-state index >= 15 is 0 Å². The van der Waals surface area contributed by atoms with E-state index < -0.39 is 18.0 Å². The molecule has 0 aliphatic carbocycles. The third-order valence-corrected chi connectivity index (χ3v) is 1.19. The third kappa shape index (κ3) is 3.66. The molecule has 0 saturated heterocycles. The van der Waals surface area contributed by atoms with Gasteiger partial charge in [-0.15, -0.1) is 0 Å². The normalized spacial score (nSPS) is 11.6. The van der Waals surface area contributed by atoms with Crippen LogP contribution in [0.4, 0.5) is 0 Å². The van der Waals surface area contributed by atoms with Gasteiger partial charge in [0.15, 0.2) is 12.1 Å². The second-order valence-electron chi connectivity index (χ2n) is 2.59. The van der Waals surface area contributed by atoms with E-state index in [1.165, 1.54) is 13.8 Å². The van der Waals surface area contributed by atoms with Gasteiger partial charge in [-0.1, -0.05) is 13.2 Å². The van der Waals surface area contributed by atoms with E-state index in [-0.39, 0.29) is 11.1 Å². The number of carbonyl (C=O) groups is 2. The van der Waals surface area contributed by atoms with Crippen LogP contribution in [-0.2, 0) is 14.3 Å². The highest BCUT2D eigenvalue weighted by molar-refractivity contribution is 6.23. The zero-order valence-electron chi connectivity index (χ0n) is 7.66. The first-order valence-electron chi connectivity index (χ1n) is 3.64. The Morgan fingerprint density at radius 1 is 1.38 bits per heavy atom. The lowest BCUT2D eigenvalue weighted by molar-refractivity contribution is -0.160. The number of hydrogen-bond acceptors (Lipinski definition) is 4. The van der Waals surface area contributed by atoms with Crippen molar-refractivity contribution in [1.29, 1.82) is 0 Å². The number of ether oxygens (including phenoxy) is 1. The summed E-state index contributed by atoms with van der Waals surface area (Å²) in [4.78, 5) is 22.0. The predicted molar refractivity (Wildman–Crippen MR) is 46.7 cm³/mol. The molecular formula is C9H12O4. The Kier molecular flexibility index (Phi) is 4.07. The van der Waals surface area contributed by atoms with E-state index in [0.29, 0.717) is 0 Å². The molecule has 0 amide bonds. The highest BCUT2D eigenvalue weighted by Gasteiger charge is 2.18. The third-order valence-electron chi connectivity index (χ3n) is 1.19. The molecular weight excluding hydrogens is 172 g/mol. The SMILES string of the molecule is C=C(C)C(=O)C(=C)C(=O)OC(C)O. The average Bonchev–Trinajstić information content (AvgIpc) is 2.00. The van der Waals surface area contributed by atoms with Gasteiger partial charge in [-0.2, -0.15) is 0 Å². The fourth-order valence-electron chi connectivity index (χ4n) is 0.576. The van der Waals surface area contributed by atoms with Gasteiger partial charge in [-0.3, -0.25) is 4.79 Å². The summed E-state index contributed by atoms with van der Waals surface area (Å²) in [5, 5.41) is 8.67. The van der Waals surface area contributed by atoms with Crippen LogP contribution in [-0.4, -0.2) is 23.1 Å². The summed E-state index contributed by atoms with van der Waals surface area (Å²) >= 11 is 0. The van der Waals surface area contributed by atoms with Crippen LogP contribution >= 0.6 is 0 Å². The van der Waals surface area contributed by atoms with Gasteiger partial charge in [0.1, 0.15) is 5.57 Å². The molecule has 0 spiro atoms. The molecule has 0 aliphatic heterocycles. The van der Waals surface area contributed by atoms with Gasteiger partial charge >= 0.3 is 5.97 Å². The molecule has 1 unspecified atom stereocenters. The van der Waals surface area contributed by atoms with Crippen molar-refractivity contribution in [2.75, 3.05) is 0 Å². The Morgan fingerprint density at radius 3 is 2.15 bits per heavy atom. The van der Waals surface area contributed by atoms with Crippen LogP contribution in [0.1, 0.15) is 13.8 Å². The van der Waals surface area contributed by atoms with Crippen molar-refractivity contribution in [3.8, 4) is 0 Å². The average molecular weight is 184 g/mol. The van der Waals surface area contributed by atoms with E-state index in [4.69, 9.17) is 5.11 Å². The van der Waals surface area contributed by atoms with Crippen LogP contribution in [0.25, 0.3) is 0 Å². The summed E-state index contributed by atoms with van der Waals surface area (Å²) in [6.07, 6.45) is -1.25. The van der Waals surface area contributed by atoms with Crippen molar-refractivity contribution < 1.29 is 19.4 Å². The monoisotopic (exact) mass is 184 g/mol. The summed E-state index contributed by atoms with van der Waals surface area (Å²) in [6.45, 7) is 9.31. The number of esters is 1. The Bertz CT molecular complexity index is 263. The van der Waals surface area contributed by atoms with Crippen molar-refractivity contribution in [2.45, 2.75) is 20.1 Å². The minimum Gasteiger partial charge on any atom is -0.433 e. The summed E-state index contributed by atoms with van der Waals surface area (Å²) in [5.74, 6) is -1.49. The quantitative estimate of drug-likeness (QED) is 0.228. The van der Waals surface area contributed by atoms with Crippen molar-refractivity contribution in [1.82, 2.24) is 0 Å². The molecule has 1 atom stereocenters. The number of rotatable bonds is 4. The van der Waals surface area contributed by atoms with Crippen LogP contribution < -0.4 is 0 Å². The van der Waals surface area contributed by atoms with Crippen molar-refractivity contribution >= 4 is 11.8 Å². The van der Waals surface area contributed by atoms with E-state index in [0.717, 1.165) is 0 Å². The summed E-state index contributed by atoms with van der Waals surface area (Å²) < 4.78 is 4.34. The second-order valence-corrected chi connectivity index (χ2v) is 2.59. The molecule has 0 bridgehead atoms. The standard InChI is InChI=1S/C9H12O4/c1-5(2)8(11)6(3)9(12)13-7(4)10/h7,10H,1,3H2,2,4H3. The molecule has 0 rings (SSSR count). The van der Waals surface area contributed by atoms with Gasteiger partial charge in [0.25, 0.3) is 0 Å². The van der Waals surface area contributed by atoms with E-state index in [1.54, 1.807) is 0 Å². The van der Waals surface area contributed by atoms with Crippen LogP contribution in [0, 0.1) is 0 Å². The van der Waals surface area contributed by atoms with Crippen LogP contribution in [0.2, 0.25) is 0 Å². The Morgan fingerprint density at radius 2 is 1.85 bits per heavy atom. The topological polar surface area (TPSA) is 63.6 Å². The number of ketones is 1. The maximum Gasteiger partial charge on any atom is 0.343 e. The summed E-state index contributed by atoms with van der Waals surface area (Å²) in [5.41, 5.74) is -0.124. The summed E-state index contributed by atoms with van der Waals surface area (Å²) in [7, 11) is 0. The van der Waals surface area contributed by atoms with Gasteiger partial charge in [0.2, 0.25) is 0 Å². The fraction of sp³-hybridized carbons (Fsp3) is 0.333. The minimum absolute atomic E-state index is 0.201. The first-order chi connectivity index (χ1) is 5.86. The number of carbonyl (C=O) groups excluding carboxylic acids is 2. The van der Waals surface area contributed by atoms with Gasteiger partial charge in [-0.05, 0) is 19.4 Å².